The second-order valence-corrected chi connectivity index (χ2v) is 7.35. The van der Waals surface area contributed by atoms with E-state index in [-0.39, 0.29) is 0 Å². The Morgan fingerprint density at radius 2 is 1.59 bits per heavy atom. The van der Waals surface area contributed by atoms with E-state index in [9.17, 15) is 0 Å². The van der Waals surface area contributed by atoms with Gasteiger partial charge in [0.2, 0.25) is 0 Å². The predicted octanol–water partition coefficient (Wildman–Crippen LogP) is 6.32. The number of aryl methyl sites for hydroxylation is 1. The highest BCUT2D eigenvalue weighted by Crippen LogP contribution is 2.18. The Hall–Kier alpha value is -3.13. The van der Waals surface area contributed by atoms with Crippen molar-refractivity contribution < 1.29 is 4.57 Å². The molecule has 0 saturated carbocycles. The van der Waals surface area contributed by atoms with Crippen molar-refractivity contribution >= 4 is 18.0 Å². The summed E-state index contributed by atoms with van der Waals surface area (Å²) in [6, 6.07) is 19.4. The molecule has 148 valence electrons. The molecule has 0 radical (unpaired) electrons. The van der Waals surface area contributed by atoms with Crippen LogP contribution in [0.2, 0.25) is 0 Å². The number of benzene rings is 2. The lowest BCUT2D eigenvalue weighted by Gasteiger charge is -2.12. The van der Waals surface area contributed by atoms with Crippen molar-refractivity contribution in [3.63, 3.8) is 0 Å². The van der Waals surface area contributed by atoms with Gasteiger partial charge in [0.15, 0.2) is 0 Å². The van der Waals surface area contributed by atoms with E-state index in [1.165, 1.54) is 33.4 Å². The number of pyridine rings is 1. The quantitative estimate of drug-likeness (QED) is 0.472. The average molecular weight is 384 g/mol. The van der Waals surface area contributed by atoms with Gasteiger partial charge in [0.05, 0.1) is 6.20 Å². The molecule has 0 saturated heterocycles. The number of nitrogens with zero attached hydrogens (tertiary/aromatic N) is 1. The molecule has 2 aromatic carbocycles. The topological polar surface area (TPSA) is 15.9 Å². The molecule has 0 atom stereocenters. The Morgan fingerprint density at radius 1 is 0.828 bits per heavy atom. The molecular formula is C27H31N2+. The number of nitrogens with one attached hydrogen (secondary N) is 1. The maximum absolute atomic E-state index is 3.65. The summed E-state index contributed by atoms with van der Waals surface area (Å²) < 4.78 is 2.28. The summed E-state index contributed by atoms with van der Waals surface area (Å²) >= 11 is 0. The zero-order chi connectivity index (χ0) is 20.6. The second kappa shape index (κ2) is 9.88. The summed E-state index contributed by atoms with van der Waals surface area (Å²) in [7, 11) is 0. The van der Waals surface area contributed by atoms with Crippen LogP contribution in [-0.2, 0) is 13.1 Å². The number of hydrogen-bond acceptors (Lipinski definition) is 1. The second-order valence-electron chi connectivity index (χ2n) is 7.35. The van der Waals surface area contributed by atoms with E-state index in [0.29, 0.717) is 0 Å². The number of anilines is 1. The van der Waals surface area contributed by atoms with Gasteiger partial charge < -0.3 is 0 Å². The first kappa shape index (κ1) is 20.6. The van der Waals surface area contributed by atoms with Gasteiger partial charge in [0, 0.05) is 11.6 Å². The van der Waals surface area contributed by atoms with Crippen LogP contribution in [0.25, 0.3) is 12.2 Å². The summed E-state index contributed by atoms with van der Waals surface area (Å²) in [5.41, 5.74) is 7.88. The standard InChI is InChI=1S/C27H30N2/c1-5-11-23-14-10-15-24(22(23)4)19-28-27-17-7-8-18-29(27)20-25-16-9-13-21(3)26(25)12-6-2/h5-18H,19-20H2,1-4H3/p+1. The Kier molecular flexibility index (Phi) is 7.02. The molecule has 0 aliphatic rings. The van der Waals surface area contributed by atoms with E-state index in [4.69, 9.17) is 0 Å². The van der Waals surface area contributed by atoms with Crippen molar-refractivity contribution in [3.8, 4) is 0 Å². The third-order valence-electron chi connectivity index (χ3n) is 5.32. The van der Waals surface area contributed by atoms with E-state index in [1.54, 1.807) is 0 Å². The Balaban J connectivity index is 1.84. The van der Waals surface area contributed by atoms with Crippen molar-refractivity contribution in [2.75, 3.05) is 5.32 Å². The summed E-state index contributed by atoms with van der Waals surface area (Å²) in [6.07, 6.45) is 10.7. The minimum absolute atomic E-state index is 0.802. The van der Waals surface area contributed by atoms with Gasteiger partial charge in [-0.1, -0.05) is 66.8 Å². The van der Waals surface area contributed by atoms with Crippen molar-refractivity contribution in [3.05, 3.63) is 106 Å². The van der Waals surface area contributed by atoms with Crippen LogP contribution in [0, 0.1) is 13.8 Å². The fraction of sp³-hybridized carbons (Fsp3) is 0.222. The molecule has 0 bridgehead atoms. The predicted molar refractivity (Wildman–Crippen MR) is 125 cm³/mol. The molecule has 1 heterocycles. The molecule has 2 nitrogen and oxygen atoms in total. The van der Waals surface area contributed by atoms with Crippen LogP contribution >= 0.6 is 0 Å². The van der Waals surface area contributed by atoms with Crippen molar-refractivity contribution in [2.45, 2.75) is 40.8 Å². The molecule has 0 aliphatic carbocycles. The Morgan fingerprint density at radius 3 is 2.38 bits per heavy atom. The minimum Gasteiger partial charge on any atom is -0.270 e. The summed E-state index contributed by atoms with van der Waals surface area (Å²) in [5, 5.41) is 3.65. The van der Waals surface area contributed by atoms with Gasteiger partial charge >= 0.3 is 0 Å². The van der Waals surface area contributed by atoms with Gasteiger partial charge in [-0.05, 0) is 61.6 Å². The van der Waals surface area contributed by atoms with Gasteiger partial charge in [0.1, 0.15) is 13.1 Å². The molecule has 0 spiro atoms. The zero-order valence-electron chi connectivity index (χ0n) is 17.9. The third-order valence-corrected chi connectivity index (χ3v) is 5.32. The number of rotatable bonds is 7. The van der Waals surface area contributed by atoms with Gasteiger partial charge in [-0.3, -0.25) is 5.32 Å². The van der Waals surface area contributed by atoms with Gasteiger partial charge in [-0.15, -0.1) is 0 Å². The lowest BCUT2D eigenvalue weighted by atomic mass is 10.0. The lowest BCUT2D eigenvalue weighted by Crippen LogP contribution is -2.37. The Bertz CT molecular complexity index is 1030. The highest BCUT2D eigenvalue weighted by Gasteiger charge is 2.12. The van der Waals surface area contributed by atoms with Gasteiger partial charge in [0.25, 0.3) is 5.82 Å². The first-order chi connectivity index (χ1) is 14.1. The number of allylic oxidation sites excluding steroid dienone is 2. The normalized spacial score (nSPS) is 11.4. The fourth-order valence-electron chi connectivity index (χ4n) is 3.68. The first-order valence-corrected chi connectivity index (χ1v) is 10.3. The number of aromatic nitrogens is 1. The molecule has 3 aromatic rings. The highest BCUT2D eigenvalue weighted by atomic mass is 15.1. The molecule has 0 unspecified atom stereocenters. The molecular weight excluding hydrogens is 352 g/mol. The van der Waals surface area contributed by atoms with Crippen LogP contribution in [0.5, 0.6) is 0 Å². The van der Waals surface area contributed by atoms with Crippen LogP contribution in [-0.4, -0.2) is 0 Å². The minimum atomic E-state index is 0.802. The third kappa shape index (κ3) is 5.03. The van der Waals surface area contributed by atoms with E-state index in [1.807, 2.05) is 0 Å². The molecule has 0 amide bonds. The largest absolute Gasteiger partial charge is 0.274 e. The van der Waals surface area contributed by atoms with Crippen LogP contribution in [0.3, 0.4) is 0 Å². The maximum atomic E-state index is 3.65. The smallest absolute Gasteiger partial charge is 0.270 e. The van der Waals surface area contributed by atoms with Crippen molar-refractivity contribution in [2.24, 2.45) is 0 Å². The first-order valence-electron chi connectivity index (χ1n) is 10.3. The van der Waals surface area contributed by atoms with Crippen molar-refractivity contribution in [1.29, 1.82) is 0 Å². The number of hydrogen-bond donors (Lipinski definition) is 1. The Labute approximate surface area is 175 Å². The average Bonchev–Trinajstić information content (AvgIpc) is 2.72. The van der Waals surface area contributed by atoms with Gasteiger partial charge in [-0.25, -0.2) is 4.57 Å². The molecule has 3 rings (SSSR count). The van der Waals surface area contributed by atoms with E-state index in [0.717, 1.165) is 18.9 Å². The monoisotopic (exact) mass is 383 g/mol. The zero-order valence-corrected chi connectivity index (χ0v) is 17.9. The van der Waals surface area contributed by atoms with Gasteiger partial charge in [-0.2, -0.15) is 0 Å². The van der Waals surface area contributed by atoms with Crippen LogP contribution in [0.15, 0.2) is 72.9 Å². The molecule has 2 heteroatoms. The van der Waals surface area contributed by atoms with Crippen LogP contribution in [0.4, 0.5) is 5.82 Å². The highest BCUT2D eigenvalue weighted by molar-refractivity contribution is 5.57. The van der Waals surface area contributed by atoms with E-state index < -0.39 is 0 Å². The lowest BCUT2D eigenvalue weighted by molar-refractivity contribution is -0.674. The maximum Gasteiger partial charge on any atom is 0.274 e. The summed E-state index contributed by atoms with van der Waals surface area (Å²) in [6.45, 7) is 10.1. The van der Waals surface area contributed by atoms with E-state index in [2.05, 4.69) is 123 Å². The molecule has 1 N–H and O–H groups in total. The summed E-state index contributed by atoms with van der Waals surface area (Å²) in [5.74, 6) is 1.12. The molecule has 0 aliphatic heterocycles. The molecule has 0 fully saturated rings. The SMILES string of the molecule is CC=Cc1cccc(CNc2cccc[n+]2Cc2cccc(C)c2C=CC)c1C. The fourth-order valence-corrected chi connectivity index (χ4v) is 3.68. The molecule has 29 heavy (non-hydrogen) atoms. The molecule has 1 aromatic heterocycles. The summed E-state index contributed by atoms with van der Waals surface area (Å²) in [4.78, 5) is 0. The van der Waals surface area contributed by atoms with Crippen LogP contribution < -0.4 is 9.88 Å². The van der Waals surface area contributed by atoms with E-state index >= 15 is 0 Å². The van der Waals surface area contributed by atoms with Crippen LogP contribution in [0.1, 0.15) is 47.2 Å². The van der Waals surface area contributed by atoms with Crippen molar-refractivity contribution in [1.82, 2.24) is 0 Å².